The van der Waals surface area contributed by atoms with Gasteiger partial charge in [-0.2, -0.15) is 4.31 Å². The molecule has 0 radical (unpaired) electrons. The lowest BCUT2D eigenvalue weighted by atomic mass is 9.94. The van der Waals surface area contributed by atoms with Gasteiger partial charge < -0.3 is 4.74 Å². The third-order valence-electron chi connectivity index (χ3n) is 4.93. The van der Waals surface area contributed by atoms with Crippen LogP contribution in [0.15, 0.2) is 23.4 Å². The van der Waals surface area contributed by atoms with Gasteiger partial charge in [0.2, 0.25) is 10.0 Å². The summed E-state index contributed by atoms with van der Waals surface area (Å²) in [6, 6.07) is 2.18. The number of hydrogen-bond acceptors (Lipinski definition) is 5. The topological polar surface area (TPSA) is 62.7 Å². The van der Waals surface area contributed by atoms with E-state index < -0.39 is 10.0 Å². The molecule has 0 aromatic carbocycles. The zero-order valence-corrected chi connectivity index (χ0v) is 14.5. The molecule has 7 heteroatoms. The second-order valence-electron chi connectivity index (χ2n) is 6.29. The number of pyridine rings is 1. The van der Waals surface area contributed by atoms with Crippen LogP contribution in [-0.4, -0.2) is 61.9 Å². The summed E-state index contributed by atoms with van der Waals surface area (Å²) >= 11 is 0. The van der Waals surface area contributed by atoms with Crippen molar-refractivity contribution in [3.8, 4) is 5.75 Å². The molecule has 1 aliphatic heterocycles. The molecular formula is C16H25N3O3S. The molecule has 128 valence electrons. The Morgan fingerprint density at radius 3 is 2.43 bits per heavy atom. The van der Waals surface area contributed by atoms with Crippen LogP contribution in [0, 0.1) is 0 Å². The molecule has 2 heterocycles. The molecule has 1 saturated heterocycles. The van der Waals surface area contributed by atoms with E-state index in [4.69, 9.17) is 4.74 Å². The summed E-state index contributed by atoms with van der Waals surface area (Å²) < 4.78 is 32.2. The summed E-state index contributed by atoms with van der Waals surface area (Å²) in [5, 5.41) is 0. The summed E-state index contributed by atoms with van der Waals surface area (Å²) in [6.45, 7) is 2.74. The highest BCUT2D eigenvalue weighted by Gasteiger charge is 2.31. The van der Waals surface area contributed by atoms with Crippen molar-refractivity contribution in [1.82, 2.24) is 14.2 Å². The fourth-order valence-corrected chi connectivity index (χ4v) is 4.96. The van der Waals surface area contributed by atoms with E-state index in [2.05, 4.69) is 9.88 Å². The standard InChI is InChI=1S/C16H25N3O3S/c1-22-15-11-16(13-17-12-15)23(20,21)19-9-7-18(8-10-19)14-5-3-2-4-6-14/h11-14H,2-10H2,1H3. The van der Waals surface area contributed by atoms with Crippen LogP contribution in [0.25, 0.3) is 0 Å². The Balaban J connectivity index is 1.66. The highest BCUT2D eigenvalue weighted by Crippen LogP contribution is 2.25. The van der Waals surface area contributed by atoms with Gasteiger partial charge in [0.15, 0.2) is 0 Å². The van der Waals surface area contributed by atoms with E-state index in [-0.39, 0.29) is 4.90 Å². The first-order valence-corrected chi connectivity index (χ1v) is 9.78. The second kappa shape index (κ2) is 7.15. The highest BCUT2D eigenvalue weighted by atomic mass is 32.2. The number of ether oxygens (including phenoxy) is 1. The molecular weight excluding hydrogens is 314 g/mol. The molecule has 2 aliphatic rings. The lowest BCUT2D eigenvalue weighted by Crippen LogP contribution is -2.52. The fourth-order valence-electron chi connectivity index (χ4n) is 3.56. The largest absolute Gasteiger partial charge is 0.495 e. The molecule has 6 nitrogen and oxygen atoms in total. The maximum absolute atomic E-state index is 12.8. The van der Waals surface area contributed by atoms with Crippen LogP contribution in [0.4, 0.5) is 0 Å². The Morgan fingerprint density at radius 2 is 1.78 bits per heavy atom. The number of sulfonamides is 1. The van der Waals surface area contributed by atoms with E-state index in [0.29, 0.717) is 24.9 Å². The molecule has 0 atom stereocenters. The zero-order valence-electron chi connectivity index (χ0n) is 13.6. The Bertz CT molecular complexity index is 621. The Hall–Kier alpha value is -1.18. The van der Waals surface area contributed by atoms with Crippen LogP contribution in [-0.2, 0) is 10.0 Å². The van der Waals surface area contributed by atoms with Crippen LogP contribution >= 0.6 is 0 Å². The van der Waals surface area contributed by atoms with E-state index in [1.54, 1.807) is 4.31 Å². The minimum absolute atomic E-state index is 0.211. The monoisotopic (exact) mass is 339 g/mol. The molecule has 0 spiro atoms. The van der Waals surface area contributed by atoms with E-state index in [0.717, 1.165) is 13.1 Å². The Morgan fingerprint density at radius 1 is 1.09 bits per heavy atom. The first-order chi connectivity index (χ1) is 11.1. The number of methoxy groups -OCH3 is 1. The number of aromatic nitrogens is 1. The first-order valence-electron chi connectivity index (χ1n) is 8.34. The normalized spacial score (nSPS) is 22.1. The molecule has 23 heavy (non-hydrogen) atoms. The van der Waals surface area contributed by atoms with Crippen LogP contribution < -0.4 is 4.74 Å². The molecule has 1 aliphatic carbocycles. The number of piperazine rings is 1. The van der Waals surface area contributed by atoms with Gasteiger partial charge in [-0.05, 0) is 12.8 Å². The lowest BCUT2D eigenvalue weighted by molar-refractivity contribution is 0.111. The van der Waals surface area contributed by atoms with Gasteiger partial charge in [0, 0.05) is 44.5 Å². The minimum Gasteiger partial charge on any atom is -0.495 e. The fraction of sp³-hybridized carbons (Fsp3) is 0.688. The summed E-state index contributed by atoms with van der Waals surface area (Å²) in [7, 11) is -1.97. The summed E-state index contributed by atoms with van der Waals surface area (Å²) in [4.78, 5) is 6.64. The van der Waals surface area contributed by atoms with Gasteiger partial charge in [-0.15, -0.1) is 0 Å². The van der Waals surface area contributed by atoms with Gasteiger partial charge in [-0.1, -0.05) is 19.3 Å². The average Bonchev–Trinajstić information content (AvgIpc) is 2.62. The van der Waals surface area contributed by atoms with Gasteiger partial charge in [-0.25, -0.2) is 8.42 Å². The van der Waals surface area contributed by atoms with Crippen molar-refractivity contribution in [3.63, 3.8) is 0 Å². The maximum atomic E-state index is 12.8. The van der Waals surface area contributed by atoms with Gasteiger partial charge in [0.25, 0.3) is 0 Å². The molecule has 1 aromatic heterocycles. The van der Waals surface area contributed by atoms with Crippen molar-refractivity contribution in [2.24, 2.45) is 0 Å². The third-order valence-corrected chi connectivity index (χ3v) is 6.79. The average molecular weight is 339 g/mol. The van der Waals surface area contributed by atoms with E-state index in [1.807, 2.05) is 0 Å². The molecule has 1 aromatic rings. The van der Waals surface area contributed by atoms with Crippen molar-refractivity contribution in [3.05, 3.63) is 18.5 Å². The highest BCUT2D eigenvalue weighted by molar-refractivity contribution is 7.89. The molecule has 0 amide bonds. The SMILES string of the molecule is COc1cncc(S(=O)(=O)N2CCN(C3CCCCC3)CC2)c1. The second-order valence-corrected chi connectivity index (χ2v) is 8.23. The van der Waals surface area contributed by atoms with Crippen molar-refractivity contribution in [2.45, 2.75) is 43.0 Å². The van der Waals surface area contributed by atoms with Crippen molar-refractivity contribution >= 4 is 10.0 Å². The van der Waals surface area contributed by atoms with Gasteiger partial charge in [0.1, 0.15) is 10.6 Å². The summed E-state index contributed by atoms with van der Waals surface area (Å²) in [6.07, 6.45) is 9.37. The minimum atomic E-state index is -3.48. The van der Waals surface area contributed by atoms with Gasteiger partial charge in [0.05, 0.1) is 13.3 Å². The molecule has 2 fully saturated rings. The van der Waals surface area contributed by atoms with Crippen molar-refractivity contribution < 1.29 is 13.2 Å². The van der Waals surface area contributed by atoms with E-state index >= 15 is 0 Å². The van der Waals surface area contributed by atoms with Gasteiger partial charge >= 0.3 is 0 Å². The van der Waals surface area contributed by atoms with Crippen molar-refractivity contribution in [1.29, 1.82) is 0 Å². The molecule has 0 N–H and O–H groups in total. The predicted octanol–water partition coefficient (Wildman–Crippen LogP) is 1.73. The zero-order chi connectivity index (χ0) is 16.3. The Kier molecular flexibility index (Phi) is 5.18. The molecule has 0 unspecified atom stereocenters. The van der Waals surface area contributed by atoms with E-state index in [1.165, 1.54) is 57.7 Å². The summed E-state index contributed by atoms with van der Waals surface area (Å²) in [5.74, 6) is 0.465. The maximum Gasteiger partial charge on any atom is 0.244 e. The summed E-state index contributed by atoms with van der Waals surface area (Å²) in [5.41, 5.74) is 0. The Labute approximate surface area is 138 Å². The van der Waals surface area contributed by atoms with Gasteiger partial charge in [-0.3, -0.25) is 9.88 Å². The third kappa shape index (κ3) is 3.67. The molecule has 3 rings (SSSR count). The van der Waals surface area contributed by atoms with Crippen LogP contribution in [0.1, 0.15) is 32.1 Å². The predicted molar refractivity (Wildman–Crippen MR) is 88.0 cm³/mol. The number of rotatable bonds is 4. The van der Waals surface area contributed by atoms with Crippen LogP contribution in [0.5, 0.6) is 5.75 Å². The quantitative estimate of drug-likeness (QED) is 0.836. The van der Waals surface area contributed by atoms with Crippen molar-refractivity contribution in [2.75, 3.05) is 33.3 Å². The first kappa shape index (κ1) is 16.7. The van der Waals surface area contributed by atoms with Crippen LogP contribution in [0.3, 0.4) is 0 Å². The number of hydrogen-bond donors (Lipinski definition) is 0. The number of nitrogens with zero attached hydrogens (tertiary/aromatic N) is 3. The van der Waals surface area contributed by atoms with E-state index in [9.17, 15) is 8.42 Å². The van der Waals surface area contributed by atoms with Crippen LogP contribution in [0.2, 0.25) is 0 Å². The molecule has 0 bridgehead atoms. The smallest absolute Gasteiger partial charge is 0.244 e. The molecule has 1 saturated carbocycles. The lowest BCUT2D eigenvalue weighted by Gasteiger charge is -2.40.